The van der Waals surface area contributed by atoms with Crippen molar-refractivity contribution in [2.45, 2.75) is 39.9 Å². The third-order valence-electron chi connectivity index (χ3n) is 1.69. The predicted molar refractivity (Wildman–Crippen MR) is 72.0 cm³/mol. The van der Waals surface area contributed by atoms with Crippen molar-refractivity contribution in [2.24, 2.45) is 0 Å². The molecular weight excluding hydrogens is 323 g/mol. The summed E-state index contributed by atoms with van der Waals surface area (Å²) in [5, 5.41) is 8.95. The number of rotatable bonds is 9. The van der Waals surface area contributed by atoms with E-state index < -0.39 is 52.0 Å². The molecule has 0 aliphatic heterocycles. The molecule has 0 aromatic carbocycles. The summed E-state index contributed by atoms with van der Waals surface area (Å²) >= 11 is 0. The molecule has 0 aliphatic rings. The van der Waals surface area contributed by atoms with Gasteiger partial charge < -0.3 is 24.1 Å². The van der Waals surface area contributed by atoms with Crippen LogP contribution in [0.3, 0.4) is 0 Å². The summed E-state index contributed by atoms with van der Waals surface area (Å²) in [5.41, 5.74) is 0. The molecule has 0 aromatic heterocycles. The molecule has 0 fully saturated rings. The van der Waals surface area contributed by atoms with Crippen molar-refractivity contribution >= 4 is 19.9 Å². The Morgan fingerprint density at radius 2 is 1.27 bits per heavy atom. The first-order valence-corrected chi connectivity index (χ1v) is 8.07. The molecule has 0 aromatic rings. The lowest BCUT2D eigenvalue weighted by atomic mass is 10.5. The van der Waals surface area contributed by atoms with E-state index in [1.807, 2.05) is 0 Å². The Balaban J connectivity index is 4.06. The average molecular weight is 344 g/mol. The average Bonchev–Trinajstić information content (AvgIpc) is 2.36. The Morgan fingerprint density at radius 1 is 0.909 bits per heavy atom. The van der Waals surface area contributed by atoms with Crippen molar-refractivity contribution in [1.82, 2.24) is 0 Å². The van der Waals surface area contributed by atoms with Crippen molar-refractivity contribution in [3.8, 4) is 0 Å². The molecule has 0 spiro atoms. The van der Waals surface area contributed by atoms with Crippen LogP contribution in [0.1, 0.15) is 27.7 Å². The zero-order chi connectivity index (χ0) is 17.2. The van der Waals surface area contributed by atoms with Crippen LogP contribution in [0, 0.1) is 0 Å². The second-order valence-corrected chi connectivity index (χ2v) is 6.39. The summed E-state index contributed by atoms with van der Waals surface area (Å²) in [5.74, 6) is 0. The van der Waals surface area contributed by atoms with E-state index >= 15 is 0 Å². The number of aliphatic hydroxyl groups excluding tert-OH is 1. The lowest BCUT2D eigenvalue weighted by Crippen LogP contribution is -2.16. The maximum atomic E-state index is 11.8. The molecule has 1 N–H and O–H groups in total. The second-order valence-electron chi connectivity index (χ2n) is 4.37. The molecule has 0 atom stereocenters. The quantitative estimate of drug-likeness (QED) is 0.378. The summed E-state index contributed by atoms with van der Waals surface area (Å²) in [6.07, 6.45) is -3.85. The molecule has 0 aliphatic carbocycles. The summed E-state index contributed by atoms with van der Waals surface area (Å²) < 4.78 is 39.2. The van der Waals surface area contributed by atoms with Crippen LogP contribution in [0.15, 0.2) is 0 Å². The topological polar surface area (TPSA) is 127 Å². The highest BCUT2D eigenvalue weighted by Crippen LogP contribution is 2.46. The molecule has 0 amide bonds. The number of aliphatic hydroxyl groups is 1. The maximum Gasteiger partial charge on any atom is 0.510 e. The minimum atomic E-state index is -3.99. The Labute approximate surface area is 128 Å². The predicted octanol–water partition coefficient (Wildman–Crippen LogP) is 2.20. The summed E-state index contributed by atoms with van der Waals surface area (Å²) in [7, 11) is -3.99. The maximum absolute atomic E-state index is 11.8. The molecule has 130 valence electrons. The monoisotopic (exact) mass is 344 g/mol. The van der Waals surface area contributed by atoms with Gasteiger partial charge in [0.2, 0.25) is 13.6 Å². The second kappa shape index (κ2) is 10.4. The number of ether oxygens (including phenoxy) is 4. The van der Waals surface area contributed by atoms with Crippen molar-refractivity contribution in [3.05, 3.63) is 0 Å². The fourth-order valence-electron chi connectivity index (χ4n) is 0.881. The van der Waals surface area contributed by atoms with Crippen LogP contribution < -0.4 is 0 Å². The van der Waals surface area contributed by atoms with Gasteiger partial charge in [0.25, 0.3) is 0 Å². The highest BCUT2D eigenvalue weighted by Gasteiger charge is 2.25. The summed E-state index contributed by atoms with van der Waals surface area (Å²) in [6, 6.07) is 0. The van der Waals surface area contributed by atoms with Crippen LogP contribution in [0.2, 0.25) is 0 Å². The van der Waals surface area contributed by atoms with Gasteiger partial charge in [-0.25, -0.2) is 9.59 Å². The number of carbonyl (C=O) groups is 2. The SMILES string of the molecule is CC(C)OC(=O)OCOP(=O)(CO)OCOC(=O)OC(C)C. The largest absolute Gasteiger partial charge is 0.510 e. The Morgan fingerprint density at radius 3 is 1.55 bits per heavy atom. The van der Waals surface area contributed by atoms with E-state index in [-0.39, 0.29) is 0 Å². The van der Waals surface area contributed by atoms with E-state index in [1.54, 1.807) is 27.7 Å². The fourth-order valence-corrected chi connectivity index (χ4v) is 1.55. The van der Waals surface area contributed by atoms with Crippen LogP contribution in [-0.2, 0) is 32.6 Å². The van der Waals surface area contributed by atoms with E-state index in [0.717, 1.165) is 0 Å². The number of hydrogen-bond acceptors (Lipinski definition) is 10. The minimum Gasteiger partial charge on any atom is -0.432 e. The zero-order valence-electron chi connectivity index (χ0n) is 12.8. The molecule has 0 radical (unpaired) electrons. The molecule has 0 rings (SSSR count). The molecule has 0 heterocycles. The highest BCUT2D eigenvalue weighted by molar-refractivity contribution is 7.53. The van der Waals surface area contributed by atoms with Crippen molar-refractivity contribution in [2.75, 3.05) is 19.9 Å². The van der Waals surface area contributed by atoms with E-state index in [0.29, 0.717) is 0 Å². The zero-order valence-corrected chi connectivity index (χ0v) is 13.7. The molecule has 10 nitrogen and oxygen atoms in total. The number of hydrogen-bond donors (Lipinski definition) is 1. The van der Waals surface area contributed by atoms with Crippen molar-refractivity contribution in [3.63, 3.8) is 0 Å². The first-order chi connectivity index (χ1) is 10.2. The Kier molecular flexibility index (Phi) is 9.75. The van der Waals surface area contributed by atoms with E-state index in [9.17, 15) is 14.2 Å². The van der Waals surface area contributed by atoms with Crippen LogP contribution in [0.4, 0.5) is 9.59 Å². The van der Waals surface area contributed by atoms with Crippen LogP contribution in [0.25, 0.3) is 0 Å². The molecule has 0 bridgehead atoms. The molecule has 0 saturated heterocycles. The van der Waals surface area contributed by atoms with E-state index in [1.165, 1.54) is 0 Å². The third kappa shape index (κ3) is 10.4. The highest BCUT2D eigenvalue weighted by atomic mass is 31.2. The van der Waals surface area contributed by atoms with Gasteiger partial charge in [0.05, 0.1) is 12.2 Å². The standard InChI is InChI=1S/C11H21O10P/c1-8(2)20-10(13)16-6-18-22(15,5-12)19-7-17-11(14)21-9(3)4/h8-9,12H,5-7H2,1-4H3. The molecule has 11 heteroatoms. The molecule has 0 unspecified atom stereocenters. The minimum absolute atomic E-state index is 0.395. The van der Waals surface area contributed by atoms with Gasteiger partial charge in [0, 0.05) is 0 Å². The van der Waals surface area contributed by atoms with Gasteiger partial charge in [-0.3, -0.25) is 13.6 Å². The first-order valence-electron chi connectivity index (χ1n) is 6.34. The fraction of sp³-hybridized carbons (Fsp3) is 0.818. The normalized spacial score (nSPS) is 11.4. The Bertz CT molecular complexity index is 362. The lowest BCUT2D eigenvalue weighted by molar-refractivity contribution is -0.0326. The van der Waals surface area contributed by atoms with Gasteiger partial charge in [0.1, 0.15) is 6.35 Å². The van der Waals surface area contributed by atoms with Crippen molar-refractivity contribution < 1.29 is 47.3 Å². The lowest BCUT2D eigenvalue weighted by Gasteiger charge is -2.16. The van der Waals surface area contributed by atoms with E-state index in [4.69, 9.17) is 5.11 Å². The van der Waals surface area contributed by atoms with Gasteiger partial charge in [-0.2, -0.15) is 0 Å². The molecule has 0 saturated carbocycles. The van der Waals surface area contributed by atoms with Gasteiger partial charge in [0.15, 0.2) is 0 Å². The van der Waals surface area contributed by atoms with Crippen LogP contribution in [-0.4, -0.2) is 49.6 Å². The summed E-state index contributed by atoms with van der Waals surface area (Å²) in [6.45, 7) is 4.91. The van der Waals surface area contributed by atoms with Gasteiger partial charge in [-0.1, -0.05) is 0 Å². The smallest absolute Gasteiger partial charge is 0.432 e. The molecule has 22 heavy (non-hydrogen) atoms. The Hall–Kier alpha value is -1.35. The van der Waals surface area contributed by atoms with Crippen LogP contribution in [0.5, 0.6) is 0 Å². The van der Waals surface area contributed by atoms with Gasteiger partial charge in [-0.05, 0) is 27.7 Å². The number of carbonyl (C=O) groups excluding carboxylic acids is 2. The summed E-state index contributed by atoms with van der Waals surface area (Å²) in [4.78, 5) is 22.1. The van der Waals surface area contributed by atoms with Crippen LogP contribution >= 0.6 is 7.60 Å². The van der Waals surface area contributed by atoms with Crippen molar-refractivity contribution in [1.29, 1.82) is 0 Å². The third-order valence-corrected chi connectivity index (χ3v) is 3.03. The first kappa shape index (κ1) is 20.6. The van der Waals surface area contributed by atoms with Gasteiger partial charge in [-0.15, -0.1) is 0 Å². The van der Waals surface area contributed by atoms with E-state index in [2.05, 4.69) is 28.0 Å². The van der Waals surface area contributed by atoms with Gasteiger partial charge >= 0.3 is 19.9 Å². The molecular formula is C11H21O10P.